The number of carbonyl (C=O) groups is 2. The molecule has 0 unspecified atom stereocenters. The third-order valence-electron chi connectivity index (χ3n) is 3.09. The number of ether oxygens (including phenoxy) is 1. The Kier molecular flexibility index (Phi) is 2.64. The van der Waals surface area contributed by atoms with Crippen molar-refractivity contribution in [3.05, 3.63) is 47.2 Å². The fraction of sp³-hybridized carbons (Fsp3) is 0.0714. The summed E-state index contributed by atoms with van der Waals surface area (Å²) in [6.45, 7) is 0. The molecule has 1 aliphatic heterocycles. The van der Waals surface area contributed by atoms with Crippen molar-refractivity contribution in [2.45, 2.75) is 6.42 Å². The van der Waals surface area contributed by atoms with Gasteiger partial charge in [0, 0.05) is 0 Å². The second-order valence-corrected chi connectivity index (χ2v) is 4.37. The molecule has 6 heteroatoms. The summed E-state index contributed by atoms with van der Waals surface area (Å²) in [5.74, 6) is -0.293. The highest BCUT2D eigenvalue weighted by Gasteiger charge is 2.28. The van der Waals surface area contributed by atoms with E-state index in [0.717, 1.165) is 0 Å². The molecule has 20 heavy (non-hydrogen) atoms. The third kappa shape index (κ3) is 1.78. The topological polar surface area (TPSA) is 108 Å². The van der Waals surface area contributed by atoms with E-state index in [1.165, 1.54) is 0 Å². The molecule has 2 amide bonds. The van der Waals surface area contributed by atoms with E-state index in [9.17, 15) is 9.59 Å². The number of hydrogen-bond acceptors (Lipinski definition) is 4. The van der Waals surface area contributed by atoms with Gasteiger partial charge < -0.3 is 16.2 Å². The molecule has 2 aliphatic rings. The molecule has 0 aromatic heterocycles. The molecule has 0 atom stereocenters. The Labute approximate surface area is 114 Å². The van der Waals surface area contributed by atoms with Crippen LogP contribution in [0.1, 0.15) is 16.8 Å². The molecule has 1 aromatic rings. The first-order valence-corrected chi connectivity index (χ1v) is 5.98. The smallest absolute Gasteiger partial charge is 0.251 e. The lowest BCUT2D eigenvalue weighted by Crippen LogP contribution is -2.27. The van der Waals surface area contributed by atoms with Crippen molar-refractivity contribution in [1.29, 1.82) is 0 Å². The van der Waals surface area contributed by atoms with Gasteiger partial charge in [0.25, 0.3) is 11.8 Å². The Morgan fingerprint density at radius 2 is 1.95 bits per heavy atom. The minimum Gasteiger partial charge on any atom is -0.453 e. The highest BCUT2D eigenvalue weighted by molar-refractivity contribution is 6.29. The van der Waals surface area contributed by atoms with Gasteiger partial charge in [0.1, 0.15) is 17.2 Å². The zero-order chi connectivity index (χ0) is 14.3. The van der Waals surface area contributed by atoms with Crippen molar-refractivity contribution in [3.63, 3.8) is 0 Å². The number of para-hydroxylation sites is 1. The van der Waals surface area contributed by atoms with Crippen LogP contribution in [0.15, 0.2) is 46.7 Å². The van der Waals surface area contributed by atoms with Gasteiger partial charge in [-0.3, -0.25) is 9.59 Å². The maximum absolute atomic E-state index is 11.4. The van der Waals surface area contributed by atoms with E-state index in [1.807, 2.05) is 0 Å². The van der Waals surface area contributed by atoms with Crippen LogP contribution in [0.2, 0.25) is 0 Å². The van der Waals surface area contributed by atoms with Gasteiger partial charge in [-0.2, -0.15) is 0 Å². The van der Waals surface area contributed by atoms with Crippen LogP contribution in [-0.2, 0) is 4.79 Å². The van der Waals surface area contributed by atoms with Crippen LogP contribution in [0, 0.1) is 0 Å². The molecule has 4 N–H and O–H groups in total. The van der Waals surface area contributed by atoms with Gasteiger partial charge in [0.2, 0.25) is 0 Å². The first kappa shape index (κ1) is 12.2. The van der Waals surface area contributed by atoms with E-state index in [0.29, 0.717) is 29.3 Å². The zero-order valence-electron chi connectivity index (χ0n) is 10.4. The molecular formula is C14H11N3O3. The van der Waals surface area contributed by atoms with Crippen LogP contribution in [0.25, 0.3) is 0 Å². The lowest BCUT2D eigenvalue weighted by atomic mass is 9.99. The monoisotopic (exact) mass is 269 g/mol. The van der Waals surface area contributed by atoms with Crippen LogP contribution in [0.3, 0.4) is 0 Å². The average molecular weight is 269 g/mol. The van der Waals surface area contributed by atoms with Crippen LogP contribution >= 0.6 is 0 Å². The molecule has 1 aliphatic carbocycles. The van der Waals surface area contributed by atoms with E-state index >= 15 is 0 Å². The number of amides is 2. The predicted octanol–water partition coefficient (Wildman–Crippen LogP) is 0.950. The number of carbonyl (C=O) groups excluding carboxylic acids is 2. The fourth-order valence-corrected chi connectivity index (χ4v) is 2.18. The number of allylic oxidation sites excluding steroid dienone is 3. The highest BCUT2D eigenvalue weighted by atomic mass is 16.5. The summed E-state index contributed by atoms with van der Waals surface area (Å²) >= 11 is 0. The number of primary amides is 2. The van der Waals surface area contributed by atoms with Gasteiger partial charge in [-0.05, 0) is 24.6 Å². The van der Waals surface area contributed by atoms with Gasteiger partial charge in [-0.1, -0.05) is 12.1 Å². The average Bonchev–Trinajstić information content (AvgIpc) is 2.43. The number of benzene rings is 1. The van der Waals surface area contributed by atoms with Crippen molar-refractivity contribution < 1.29 is 14.3 Å². The van der Waals surface area contributed by atoms with Gasteiger partial charge in [0.05, 0.1) is 11.1 Å². The van der Waals surface area contributed by atoms with Crippen LogP contribution in [0.5, 0.6) is 5.75 Å². The van der Waals surface area contributed by atoms with E-state index in [2.05, 4.69) is 4.99 Å². The Bertz CT molecular complexity index is 729. The Hall–Kier alpha value is -2.89. The molecule has 1 heterocycles. The Balaban J connectivity index is 2.21. The summed E-state index contributed by atoms with van der Waals surface area (Å²) in [6.07, 6.45) is 4.01. The summed E-state index contributed by atoms with van der Waals surface area (Å²) in [7, 11) is 0. The van der Waals surface area contributed by atoms with Gasteiger partial charge in [-0.25, -0.2) is 4.99 Å². The number of aliphatic imine (C=N–C) groups is 1. The number of nitrogens with two attached hydrogens (primary N) is 2. The van der Waals surface area contributed by atoms with Crippen LogP contribution < -0.4 is 16.2 Å². The molecule has 0 bridgehead atoms. The largest absolute Gasteiger partial charge is 0.453 e. The molecule has 0 saturated heterocycles. The maximum Gasteiger partial charge on any atom is 0.251 e. The summed E-state index contributed by atoms with van der Waals surface area (Å²) in [4.78, 5) is 27.2. The zero-order valence-corrected chi connectivity index (χ0v) is 10.4. The van der Waals surface area contributed by atoms with Crippen molar-refractivity contribution in [3.8, 4) is 5.75 Å². The first-order valence-electron chi connectivity index (χ1n) is 5.98. The van der Waals surface area contributed by atoms with Gasteiger partial charge in [-0.15, -0.1) is 0 Å². The number of hydrogen-bond donors (Lipinski definition) is 2. The van der Waals surface area contributed by atoms with Gasteiger partial charge in [0.15, 0.2) is 5.75 Å². The fourth-order valence-electron chi connectivity index (χ4n) is 2.18. The van der Waals surface area contributed by atoms with Crippen molar-refractivity contribution in [2.75, 3.05) is 0 Å². The summed E-state index contributed by atoms with van der Waals surface area (Å²) in [5.41, 5.74) is 11.8. The molecule has 3 rings (SSSR count). The molecule has 100 valence electrons. The van der Waals surface area contributed by atoms with Gasteiger partial charge >= 0.3 is 0 Å². The van der Waals surface area contributed by atoms with Crippen LogP contribution in [0.4, 0.5) is 5.69 Å². The highest BCUT2D eigenvalue weighted by Crippen LogP contribution is 2.38. The molecule has 1 aromatic carbocycles. The minimum atomic E-state index is -0.609. The molecule has 0 fully saturated rings. The number of rotatable bonds is 2. The van der Waals surface area contributed by atoms with Crippen molar-refractivity contribution >= 4 is 23.2 Å². The molecule has 0 radical (unpaired) electrons. The number of nitrogens with zero attached hydrogens (tertiary/aromatic N) is 1. The first-order chi connectivity index (χ1) is 9.58. The predicted molar refractivity (Wildman–Crippen MR) is 72.7 cm³/mol. The molecule has 0 saturated carbocycles. The minimum absolute atomic E-state index is 0.239. The van der Waals surface area contributed by atoms with E-state index in [-0.39, 0.29) is 11.1 Å². The van der Waals surface area contributed by atoms with Crippen molar-refractivity contribution in [1.82, 2.24) is 0 Å². The van der Waals surface area contributed by atoms with Crippen molar-refractivity contribution in [2.24, 2.45) is 16.5 Å². The molecule has 6 nitrogen and oxygen atoms in total. The standard InChI is InChI=1S/C14H11N3O3/c15-13(18)7-3-1-5-9-11(7)17-12-8(14(16)19)4-2-6-10(12)20-9/h1,3-6H,2H2,(H2,15,18)(H2,16,19). The number of fused-ring (bicyclic) bond motifs is 2. The lowest BCUT2D eigenvalue weighted by molar-refractivity contribution is -0.114. The summed E-state index contributed by atoms with van der Waals surface area (Å²) < 4.78 is 5.68. The third-order valence-corrected chi connectivity index (χ3v) is 3.09. The van der Waals surface area contributed by atoms with E-state index < -0.39 is 11.8 Å². The van der Waals surface area contributed by atoms with E-state index in [1.54, 1.807) is 30.4 Å². The van der Waals surface area contributed by atoms with Crippen LogP contribution in [-0.4, -0.2) is 17.5 Å². The lowest BCUT2D eigenvalue weighted by Gasteiger charge is -2.23. The Morgan fingerprint density at radius 3 is 2.65 bits per heavy atom. The Morgan fingerprint density at radius 1 is 1.15 bits per heavy atom. The quantitative estimate of drug-likeness (QED) is 0.834. The molecular weight excluding hydrogens is 258 g/mol. The summed E-state index contributed by atoms with van der Waals surface area (Å²) in [5, 5.41) is 0. The normalized spacial score (nSPS) is 15.9. The second-order valence-electron chi connectivity index (χ2n) is 4.37. The molecule has 0 spiro atoms. The second kappa shape index (κ2) is 4.34. The SMILES string of the molecule is NC(=O)C1=CCC=C2Oc3cccc(C(N)=O)c3N=C21. The maximum atomic E-state index is 11.4. The summed E-state index contributed by atoms with van der Waals surface area (Å²) in [6, 6.07) is 4.90. The van der Waals surface area contributed by atoms with E-state index in [4.69, 9.17) is 16.2 Å².